The van der Waals surface area contributed by atoms with Gasteiger partial charge in [-0.15, -0.1) is 0 Å². The molecule has 2 aromatic rings. The quantitative estimate of drug-likeness (QED) is 0.850. The van der Waals surface area contributed by atoms with E-state index in [2.05, 4.69) is 34.3 Å². The first-order valence-corrected chi connectivity index (χ1v) is 8.98. The summed E-state index contributed by atoms with van der Waals surface area (Å²) in [4.78, 5) is 26.2. The van der Waals surface area contributed by atoms with Crippen LogP contribution in [0, 0.1) is 5.92 Å². The highest BCUT2D eigenvalue weighted by Gasteiger charge is 2.39. The molecule has 1 atom stereocenters. The number of aromatic nitrogens is 1. The van der Waals surface area contributed by atoms with Gasteiger partial charge in [-0.1, -0.05) is 18.2 Å². The molecule has 1 saturated heterocycles. The molecule has 1 aliphatic rings. The van der Waals surface area contributed by atoms with Crippen LogP contribution in [0.4, 0.5) is 0 Å². The molecular weight excluding hydrogens is 314 g/mol. The first kappa shape index (κ1) is 17.5. The minimum absolute atomic E-state index is 0.00235. The van der Waals surface area contributed by atoms with E-state index in [0.29, 0.717) is 19.5 Å². The molecule has 2 heterocycles. The maximum Gasteiger partial charge on any atom is 0.225 e. The number of aryl methyl sites for hydroxylation is 1. The minimum Gasteiger partial charge on any atom is -0.356 e. The molecule has 0 radical (unpaired) electrons. The number of likely N-dealkylation sites (tertiary alicyclic amines) is 1. The largest absolute Gasteiger partial charge is 0.356 e. The van der Waals surface area contributed by atoms with Gasteiger partial charge in [-0.05, 0) is 44.7 Å². The zero-order chi connectivity index (χ0) is 18.0. The fourth-order valence-corrected chi connectivity index (χ4v) is 3.47. The third kappa shape index (κ3) is 3.86. The van der Waals surface area contributed by atoms with Crippen LogP contribution in [0.1, 0.15) is 33.6 Å². The molecule has 5 heteroatoms. The summed E-state index contributed by atoms with van der Waals surface area (Å²) in [5.74, 6) is -0.150. The Morgan fingerprint density at radius 1 is 1.24 bits per heavy atom. The molecule has 2 amide bonds. The van der Waals surface area contributed by atoms with Crippen LogP contribution in [0.25, 0.3) is 10.9 Å². The van der Waals surface area contributed by atoms with Crippen molar-refractivity contribution in [1.29, 1.82) is 0 Å². The molecule has 0 bridgehead atoms. The molecule has 1 N–H and O–H groups in total. The molecule has 0 saturated carbocycles. The summed E-state index contributed by atoms with van der Waals surface area (Å²) in [6, 6.07) is 10.4. The average Bonchev–Trinajstić information content (AvgIpc) is 3.15. The smallest absolute Gasteiger partial charge is 0.225 e. The average molecular weight is 341 g/mol. The number of benzene rings is 1. The third-order valence-electron chi connectivity index (χ3n) is 4.86. The molecule has 0 aliphatic carbocycles. The number of hydrogen-bond donors (Lipinski definition) is 1. The van der Waals surface area contributed by atoms with E-state index in [0.717, 1.165) is 13.0 Å². The maximum atomic E-state index is 12.3. The van der Waals surface area contributed by atoms with Crippen LogP contribution in [0.5, 0.6) is 0 Å². The number of fused-ring (bicyclic) bond motifs is 1. The van der Waals surface area contributed by atoms with Crippen molar-refractivity contribution in [2.45, 2.75) is 45.7 Å². The van der Waals surface area contributed by atoms with Gasteiger partial charge in [0, 0.05) is 43.3 Å². The van der Waals surface area contributed by atoms with Gasteiger partial charge < -0.3 is 14.8 Å². The molecule has 0 unspecified atom stereocenters. The summed E-state index contributed by atoms with van der Waals surface area (Å²) in [6.07, 6.45) is 3.28. The van der Waals surface area contributed by atoms with Crippen LogP contribution in [-0.2, 0) is 16.1 Å². The summed E-state index contributed by atoms with van der Waals surface area (Å²) in [6.45, 7) is 8.04. The topological polar surface area (TPSA) is 54.3 Å². The second-order valence-corrected chi connectivity index (χ2v) is 7.79. The Morgan fingerprint density at radius 3 is 2.72 bits per heavy atom. The number of nitrogens with zero attached hydrogens (tertiary/aromatic N) is 2. The lowest BCUT2D eigenvalue weighted by molar-refractivity contribution is -0.132. The SMILES string of the molecule is CC(C)(C)N1C[C@@H](C(=O)NCCCn2ccc3ccccc32)CC1=O. The van der Waals surface area contributed by atoms with Crippen molar-refractivity contribution in [1.82, 2.24) is 14.8 Å². The molecule has 1 aliphatic heterocycles. The molecule has 1 aromatic carbocycles. The van der Waals surface area contributed by atoms with E-state index in [1.807, 2.05) is 37.8 Å². The van der Waals surface area contributed by atoms with Gasteiger partial charge in [0.1, 0.15) is 0 Å². The predicted molar refractivity (Wildman–Crippen MR) is 99.1 cm³/mol. The molecule has 134 valence electrons. The number of carbonyl (C=O) groups is 2. The third-order valence-corrected chi connectivity index (χ3v) is 4.86. The van der Waals surface area contributed by atoms with E-state index in [9.17, 15) is 9.59 Å². The van der Waals surface area contributed by atoms with Gasteiger partial charge in [-0.25, -0.2) is 0 Å². The number of hydrogen-bond acceptors (Lipinski definition) is 2. The Hall–Kier alpha value is -2.30. The van der Waals surface area contributed by atoms with Crippen molar-refractivity contribution in [3.63, 3.8) is 0 Å². The maximum absolute atomic E-state index is 12.3. The van der Waals surface area contributed by atoms with Gasteiger partial charge in [0.05, 0.1) is 5.92 Å². The zero-order valence-corrected chi connectivity index (χ0v) is 15.3. The summed E-state index contributed by atoms with van der Waals surface area (Å²) >= 11 is 0. The van der Waals surface area contributed by atoms with Crippen LogP contribution in [0.2, 0.25) is 0 Å². The van der Waals surface area contributed by atoms with Crippen LogP contribution in [-0.4, -0.2) is 39.9 Å². The Labute approximate surface area is 149 Å². The van der Waals surface area contributed by atoms with E-state index >= 15 is 0 Å². The fourth-order valence-electron chi connectivity index (χ4n) is 3.47. The Kier molecular flexibility index (Phi) is 4.84. The van der Waals surface area contributed by atoms with E-state index in [4.69, 9.17) is 0 Å². The lowest BCUT2D eigenvalue weighted by Gasteiger charge is -2.31. The van der Waals surface area contributed by atoms with E-state index in [-0.39, 0.29) is 23.3 Å². The van der Waals surface area contributed by atoms with Crippen molar-refractivity contribution >= 4 is 22.7 Å². The molecular formula is C20H27N3O2. The number of amides is 2. The Bertz CT molecular complexity index is 773. The van der Waals surface area contributed by atoms with Crippen LogP contribution in [0.3, 0.4) is 0 Å². The zero-order valence-electron chi connectivity index (χ0n) is 15.3. The van der Waals surface area contributed by atoms with E-state index in [1.54, 1.807) is 0 Å². The van der Waals surface area contributed by atoms with Gasteiger partial charge in [0.15, 0.2) is 0 Å². The predicted octanol–water partition coefficient (Wildman–Crippen LogP) is 2.79. The molecule has 5 nitrogen and oxygen atoms in total. The lowest BCUT2D eigenvalue weighted by atomic mass is 10.1. The van der Waals surface area contributed by atoms with Gasteiger partial charge in [-0.2, -0.15) is 0 Å². The monoisotopic (exact) mass is 341 g/mol. The van der Waals surface area contributed by atoms with Crippen LogP contribution < -0.4 is 5.32 Å². The Balaban J connectivity index is 1.46. The van der Waals surface area contributed by atoms with Crippen LogP contribution in [0.15, 0.2) is 36.5 Å². The normalized spacial score (nSPS) is 18.1. The lowest BCUT2D eigenvalue weighted by Crippen LogP contribution is -2.43. The first-order valence-electron chi connectivity index (χ1n) is 8.98. The number of rotatable bonds is 5. The van der Waals surface area contributed by atoms with Crippen molar-refractivity contribution in [2.75, 3.05) is 13.1 Å². The van der Waals surface area contributed by atoms with E-state index in [1.165, 1.54) is 10.9 Å². The molecule has 3 rings (SSSR count). The van der Waals surface area contributed by atoms with Crippen molar-refractivity contribution in [3.05, 3.63) is 36.5 Å². The minimum atomic E-state index is -0.223. The Morgan fingerprint density at radius 2 is 2.00 bits per heavy atom. The number of nitrogens with one attached hydrogen (secondary N) is 1. The summed E-state index contributed by atoms with van der Waals surface area (Å²) in [5.41, 5.74) is 0.998. The summed E-state index contributed by atoms with van der Waals surface area (Å²) in [5, 5.41) is 4.23. The van der Waals surface area contributed by atoms with Crippen molar-refractivity contribution < 1.29 is 9.59 Å². The van der Waals surface area contributed by atoms with Crippen LogP contribution >= 0.6 is 0 Å². The fraction of sp³-hybridized carbons (Fsp3) is 0.500. The molecule has 1 aromatic heterocycles. The van der Waals surface area contributed by atoms with Gasteiger partial charge in [0.2, 0.25) is 11.8 Å². The van der Waals surface area contributed by atoms with Gasteiger partial charge >= 0.3 is 0 Å². The van der Waals surface area contributed by atoms with E-state index < -0.39 is 0 Å². The van der Waals surface area contributed by atoms with Gasteiger partial charge in [-0.3, -0.25) is 9.59 Å². The van der Waals surface area contributed by atoms with Crippen molar-refractivity contribution in [2.24, 2.45) is 5.92 Å². The van der Waals surface area contributed by atoms with Crippen molar-refractivity contribution in [3.8, 4) is 0 Å². The highest BCUT2D eigenvalue weighted by molar-refractivity contribution is 5.89. The second kappa shape index (κ2) is 6.90. The number of carbonyl (C=O) groups excluding carboxylic acids is 2. The highest BCUT2D eigenvalue weighted by atomic mass is 16.2. The standard InChI is InChI=1S/C20H27N3O2/c1-20(2,3)23-14-16(13-18(23)24)19(25)21-10-6-11-22-12-9-15-7-4-5-8-17(15)22/h4-5,7-9,12,16H,6,10-11,13-14H2,1-3H3,(H,21,25)/t16-/m0/s1. The highest BCUT2D eigenvalue weighted by Crippen LogP contribution is 2.25. The summed E-state index contributed by atoms with van der Waals surface area (Å²) < 4.78 is 2.21. The first-order chi connectivity index (χ1) is 11.9. The number of para-hydroxylation sites is 1. The van der Waals surface area contributed by atoms with Gasteiger partial charge in [0.25, 0.3) is 0 Å². The second-order valence-electron chi connectivity index (χ2n) is 7.79. The molecule has 0 spiro atoms. The summed E-state index contributed by atoms with van der Waals surface area (Å²) in [7, 11) is 0. The molecule has 1 fully saturated rings. The molecule has 25 heavy (non-hydrogen) atoms.